The quantitative estimate of drug-likeness (QED) is 0.786. The molecule has 18 heavy (non-hydrogen) atoms. The SMILES string of the molecule is NC(=O)C1=CCN(N)c2sc3c(Cl)cccc3c21. The van der Waals surface area contributed by atoms with Crippen molar-refractivity contribution in [3.05, 3.63) is 34.9 Å². The maximum absolute atomic E-state index is 11.5. The maximum Gasteiger partial charge on any atom is 0.249 e. The molecule has 6 heteroatoms. The molecular formula is C12H10ClN3OS. The number of rotatable bonds is 1. The zero-order chi connectivity index (χ0) is 12.9. The van der Waals surface area contributed by atoms with Crippen LogP contribution in [-0.2, 0) is 4.79 Å². The van der Waals surface area contributed by atoms with Crippen molar-refractivity contribution in [1.82, 2.24) is 0 Å². The number of carbonyl (C=O) groups excluding carboxylic acids is 1. The minimum atomic E-state index is -0.441. The van der Waals surface area contributed by atoms with Crippen LogP contribution in [0.25, 0.3) is 15.7 Å². The lowest BCUT2D eigenvalue weighted by Crippen LogP contribution is -2.34. The Bertz CT molecular complexity index is 692. The molecule has 0 saturated heterocycles. The number of hydrogen-bond acceptors (Lipinski definition) is 4. The topological polar surface area (TPSA) is 72.4 Å². The molecule has 0 atom stereocenters. The maximum atomic E-state index is 11.5. The lowest BCUT2D eigenvalue weighted by Gasteiger charge is -2.22. The van der Waals surface area contributed by atoms with Crippen LogP contribution in [0.2, 0.25) is 5.02 Å². The van der Waals surface area contributed by atoms with E-state index in [9.17, 15) is 4.79 Å². The molecule has 0 saturated carbocycles. The van der Waals surface area contributed by atoms with Crippen LogP contribution in [0.15, 0.2) is 24.3 Å². The van der Waals surface area contributed by atoms with Crippen LogP contribution < -0.4 is 16.6 Å². The van der Waals surface area contributed by atoms with Crippen molar-refractivity contribution in [1.29, 1.82) is 0 Å². The molecule has 1 aromatic heterocycles. The van der Waals surface area contributed by atoms with Crippen LogP contribution in [0.5, 0.6) is 0 Å². The van der Waals surface area contributed by atoms with E-state index in [1.165, 1.54) is 11.3 Å². The van der Waals surface area contributed by atoms with E-state index in [1.807, 2.05) is 18.2 Å². The summed E-state index contributed by atoms with van der Waals surface area (Å²) in [5.41, 5.74) is 6.73. The van der Waals surface area contributed by atoms with Crippen molar-refractivity contribution in [2.24, 2.45) is 11.6 Å². The molecule has 1 aromatic carbocycles. The van der Waals surface area contributed by atoms with E-state index in [2.05, 4.69) is 0 Å². The van der Waals surface area contributed by atoms with Gasteiger partial charge in [-0.05, 0) is 6.07 Å². The fourth-order valence-electron chi connectivity index (χ4n) is 2.13. The highest BCUT2D eigenvalue weighted by atomic mass is 35.5. The number of hydrogen-bond donors (Lipinski definition) is 2. The van der Waals surface area contributed by atoms with E-state index < -0.39 is 5.91 Å². The van der Waals surface area contributed by atoms with Gasteiger partial charge < -0.3 is 5.73 Å². The smallest absolute Gasteiger partial charge is 0.249 e. The van der Waals surface area contributed by atoms with Crippen LogP contribution in [0, 0.1) is 0 Å². The Morgan fingerprint density at radius 2 is 2.22 bits per heavy atom. The standard InChI is InChI=1S/C12H10ClN3OS/c13-8-3-1-2-6-9-7(11(14)17)4-5-16(15)12(9)18-10(6)8/h1-4H,5,15H2,(H2,14,17). The van der Waals surface area contributed by atoms with E-state index in [-0.39, 0.29) is 0 Å². The number of benzene rings is 1. The highest BCUT2D eigenvalue weighted by Crippen LogP contribution is 2.45. The average molecular weight is 280 g/mol. The van der Waals surface area contributed by atoms with Gasteiger partial charge in [-0.15, -0.1) is 11.3 Å². The molecule has 2 aromatic rings. The van der Waals surface area contributed by atoms with Crippen molar-refractivity contribution >= 4 is 49.5 Å². The lowest BCUT2D eigenvalue weighted by atomic mass is 10.0. The van der Waals surface area contributed by atoms with Crippen LogP contribution in [0.4, 0.5) is 5.00 Å². The molecule has 1 aliphatic rings. The van der Waals surface area contributed by atoms with E-state index in [0.717, 1.165) is 20.7 Å². The number of nitrogens with zero attached hydrogens (tertiary/aromatic N) is 1. The average Bonchev–Trinajstić information content (AvgIpc) is 2.71. The zero-order valence-corrected chi connectivity index (χ0v) is 10.9. The zero-order valence-electron chi connectivity index (χ0n) is 9.31. The van der Waals surface area contributed by atoms with Gasteiger partial charge in [-0.1, -0.05) is 29.8 Å². The summed E-state index contributed by atoms with van der Waals surface area (Å²) in [6.07, 6.45) is 1.75. The molecule has 4 N–H and O–H groups in total. The van der Waals surface area contributed by atoms with Gasteiger partial charge in [-0.25, -0.2) is 5.84 Å². The predicted octanol–water partition coefficient (Wildman–Crippen LogP) is 2.12. The number of amides is 1. The first-order chi connectivity index (χ1) is 8.59. The number of primary amides is 1. The largest absolute Gasteiger partial charge is 0.366 e. The summed E-state index contributed by atoms with van der Waals surface area (Å²) in [5, 5.41) is 4.00. The molecule has 3 rings (SSSR count). The molecule has 92 valence electrons. The second-order valence-corrected chi connectivity index (χ2v) is 5.44. The van der Waals surface area contributed by atoms with Gasteiger partial charge in [0.2, 0.25) is 5.91 Å². The second kappa shape index (κ2) is 3.98. The monoisotopic (exact) mass is 279 g/mol. The first-order valence-corrected chi connectivity index (χ1v) is 6.52. The molecule has 0 bridgehead atoms. The molecule has 2 heterocycles. The van der Waals surface area contributed by atoms with Crippen LogP contribution in [0.3, 0.4) is 0 Å². The summed E-state index contributed by atoms with van der Waals surface area (Å²) < 4.78 is 0.925. The van der Waals surface area contributed by atoms with E-state index >= 15 is 0 Å². The minimum absolute atomic E-state index is 0.441. The van der Waals surface area contributed by atoms with Gasteiger partial charge in [-0.2, -0.15) is 0 Å². The Morgan fingerprint density at radius 3 is 2.94 bits per heavy atom. The van der Waals surface area contributed by atoms with Gasteiger partial charge in [0.1, 0.15) is 5.00 Å². The Morgan fingerprint density at radius 1 is 1.44 bits per heavy atom. The summed E-state index contributed by atoms with van der Waals surface area (Å²) in [7, 11) is 0. The molecule has 0 spiro atoms. The Kier molecular flexibility index (Phi) is 2.55. The molecule has 0 unspecified atom stereocenters. The van der Waals surface area contributed by atoms with E-state index in [0.29, 0.717) is 17.1 Å². The van der Waals surface area contributed by atoms with Gasteiger partial charge in [0.25, 0.3) is 0 Å². The van der Waals surface area contributed by atoms with Gasteiger partial charge in [0, 0.05) is 16.5 Å². The molecule has 0 aliphatic carbocycles. The van der Waals surface area contributed by atoms with Gasteiger partial charge in [0.15, 0.2) is 0 Å². The fourth-order valence-corrected chi connectivity index (χ4v) is 3.58. The molecule has 1 aliphatic heterocycles. The van der Waals surface area contributed by atoms with Crippen molar-refractivity contribution in [3.8, 4) is 0 Å². The highest BCUT2D eigenvalue weighted by Gasteiger charge is 2.25. The molecule has 0 fully saturated rings. The first-order valence-electron chi connectivity index (χ1n) is 5.33. The van der Waals surface area contributed by atoms with E-state index in [1.54, 1.807) is 11.1 Å². The highest BCUT2D eigenvalue weighted by molar-refractivity contribution is 7.24. The summed E-state index contributed by atoms with van der Waals surface area (Å²) in [5.74, 6) is 5.49. The summed E-state index contributed by atoms with van der Waals surface area (Å²) in [6, 6.07) is 5.60. The normalized spacial score (nSPS) is 14.6. The molecule has 1 amide bonds. The van der Waals surface area contributed by atoms with Crippen LogP contribution >= 0.6 is 22.9 Å². The van der Waals surface area contributed by atoms with Gasteiger partial charge >= 0.3 is 0 Å². The third-order valence-electron chi connectivity index (χ3n) is 2.94. The lowest BCUT2D eigenvalue weighted by molar-refractivity contribution is -0.112. The second-order valence-electron chi connectivity index (χ2n) is 4.03. The Hall–Kier alpha value is -1.56. The van der Waals surface area contributed by atoms with Crippen molar-refractivity contribution < 1.29 is 4.79 Å². The number of fused-ring (bicyclic) bond motifs is 3. The van der Waals surface area contributed by atoms with E-state index in [4.69, 9.17) is 23.2 Å². The number of carbonyl (C=O) groups is 1. The van der Waals surface area contributed by atoms with Crippen molar-refractivity contribution in [2.75, 3.05) is 11.6 Å². The van der Waals surface area contributed by atoms with Crippen molar-refractivity contribution in [2.45, 2.75) is 0 Å². The third-order valence-corrected chi connectivity index (χ3v) is 4.64. The number of hydrazine groups is 1. The molecule has 0 radical (unpaired) electrons. The number of nitrogens with two attached hydrogens (primary N) is 2. The van der Waals surface area contributed by atoms with Crippen molar-refractivity contribution in [3.63, 3.8) is 0 Å². The fraction of sp³-hybridized carbons (Fsp3) is 0.0833. The summed E-state index contributed by atoms with van der Waals surface area (Å²) >= 11 is 7.64. The Labute approximate surface area is 112 Å². The first kappa shape index (κ1) is 11.5. The van der Waals surface area contributed by atoms with Gasteiger partial charge in [0.05, 0.1) is 16.3 Å². The molecular weight excluding hydrogens is 270 g/mol. The van der Waals surface area contributed by atoms with Crippen LogP contribution in [0.1, 0.15) is 5.56 Å². The number of halogens is 1. The Balaban J connectivity index is 2.39. The molecule has 4 nitrogen and oxygen atoms in total. The van der Waals surface area contributed by atoms with Crippen LogP contribution in [-0.4, -0.2) is 12.5 Å². The predicted molar refractivity (Wildman–Crippen MR) is 75.5 cm³/mol. The summed E-state index contributed by atoms with van der Waals surface area (Å²) in [6.45, 7) is 0.468. The van der Waals surface area contributed by atoms with Gasteiger partial charge in [-0.3, -0.25) is 9.80 Å². The number of thiophene rings is 1. The summed E-state index contributed by atoms with van der Waals surface area (Å²) in [4.78, 5) is 11.5. The third kappa shape index (κ3) is 1.52. The minimum Gasteiger partial charge on any atom is -0.366 e. The number of anilines is 1.